The van der Waals surface area contributed by atoms with Gasteiger partial charge in [-0.1, -0.05) is 29.8 Å². The zero-order valence-electron chi connectivity index (χ0n) is 15.2. The summed E-state index contributed by atoms with van der Waals surface area (Å²) in [4.78, 5) is 16.8. The molecule has 2 aliphatic rings. The summed E-state index contributed by atoms with van der Waals surface area (Å²) in [6.45, 7) is 5.19. The van der Waals surface area contributed by atoms with Crippen LogP contribution in [0.25, 0.3) is 0 Å². The Bertz CT molecular complexity index is 805. The molecule has 6 heteroatoms. The molecule has 5 nitrogen and oxygen atoms in total. The van der Waals surface area contributed by atoms with E-state index in [4.69, 9.17) is 21.1 Å². The summed E-state index contributed by atoms with van der Waals surface area (Å²) in [6.07, 6.45) is 0.859. The first-order valence-corrected chi connectivity index (χ1v) is 9.73. The third-order valence-corrected chi connectivity index (χ3v) is 5.23. The second-order valence-corrected chi connectivity index (χ2v) is 7.30. The van der Waals surface area contributed by atoms with E-state index in [1.54, 1.807) is 0 Å². The molecule has 2 aromatic carbocycles. The predicted molar refractivity (Wildman–Crippen MR) is 105 cm³/mol. The smallest absolute Gasteiger partial charge is 0.253 e. The fourth-order valence-electron chi connectivity index (χ4n) is 3.51. The van der Waals surface area contributed by atoms with E-state index >= 15 is 0 Å². The number of hydrogen-bond acceptors (Lipinski definition) is 4. The maximum Gasteiger partial charge on any atom is 0.253 e. The average molecular weight is 387 g/mol. The second kappa shape index (κ2) is 8.19. The number of benzene rings is 2. The van der Waals surface area contributed by atoms with Crippen molar-refractivity contribution in [3.63, 3.8) is 0 Å². The molecule has 0 N–H and O–H groups in total. The molecule has 1 saturated heterocycles. The Kier molecular flexibility index (Phi) is 5.50. The molecule has 0 aliphatic carbocycles. The molecule has 0 saturated carbocycles. The maximum absolute atomic E-state index is 12.6. The summed E-state index contributed by atoms with van der Waals surface area (Å²) in [7, 11) is 0. The first-order chi connectivity index (χ1) is 13.2. The van der Waals surface area contributed by atoms with E-state index in [0.29, 0.717) is 24.0 Å². The van der Waals surface area contributed by atoms with Crippen LogP contribution in [-0.2, 0) is 6.54 Å². The van der Waals surface area contributed by atoms with E-state index in [-0.39, 0.29) is 5.91 Å². The third-order valence-electron chi connectivity index (χ3n) is 4.95. The molecule has 4 rings (SSSR count). The van der Waals surface area contributed by atoms with Gasteiger partial charge < -0.3 is 14.4 Å². The zero-order valence-corrected chi connectivity index (χ0v) is 16.0. The van der Waals surface area contributed by atoms with Crippen LogP contribution >= 0.6 is 11.6 Å². The number of carbonyl (C=O) groups excluding carboxylic acids is 1. The van der Waals surface area contributed by atoms with Crippen molar-refractivity contribution in [2.45, 2.75) is 13.0 Å². The largest absolute Gasteiger partial charge is 0.489 e. The van der Waals surface area contributed by atoms with E-state index in [0.717, 1.165) is 56.0 Å². The molecule has 0 radical (unpaired) electrons. The number of amides is 1. The standard InChI is InChI=1S/C21H23ClN2O3/c22-18-13-16(14-19-20(18)27-12-4-11-26-19)15-23-7-9-24(10-8-23)21(25)17-5-2-1-3-6-17/h1-3,5-6,13-14H,4,7-12,15H2. The number of halogens is 1. The lowest BCUT2D eigenvalue weighted by molar-refractivity contribution is 0.0628. The van der Waals surface area contributed by atoms with Crippen molar-refractivity contribution < 1.29 is 14.3 Å². The molecule has 0 bridgehead atoms. The highest BCUT2D eigenvalue weighted by Crippen LogP contribution is 2.38. The summed E-state index contributed by atoms with van der Waals surface area (Å²) < 4.78 is 11.5. The fourth-order valence-corrected chi connectivity index (χ4v) is 3.79. The zero-order chi connectivity index (χ0) is 18.6. The highest BCUT2D eigenvalue weighted by molar-refractivity contribution is 6.32. The van der Waals surface area contributed by atoms with Crippen molar-refractivity contribution in [3.05, 3.63) is 58.6 Å². The Morgan fingerprint density at radius 1 is 1.00 bits per heavy atom. The lowest BCUT2D eigenvalue weighted by Crippen LogP contribution is -2.48. The van der Waals surface area contributed by atoms with E-state index in [2.05, 4.69) is 4.90 Å². The first kappa shape index (κ1) is 18.1. The minimum Gasteiger partial charge on any atom is -0.489 e. The van der Waals surface area contributed by atoms with E-state index in [9.17, 15) is 4.79 Å². The van der Waals surface area contributed by atoms with E-state index in [1.807, 2.05) is 47.4 Å². The maximum atomic E-state index is 12.6. The molecule has 1 amide bonds. The number of fused-ring (bicyclic) bond motifs is 1. The molecule has 2 heterocycles. The molecule has 0 aromatic heterocycles. The minimum atomic E-state index is 0.105. The van der Waals surface area contributed by atoms with Gasteiger partial charge in [-0.15, -0.1) is 0 Å². The molecule has 1 fully saturated rings. The van der Waals surface area contributed by atoms with Gasteiger partial charge in [0.05, 0.1) is 18.2 Å². The Morgan fingerprint density at radius 3 is 2.52 bits per heavy atom. The first-order valence-electron chi connectivity index (χ1n) is 9.35. The molecule has 142 valence electrons. The summed E-state index contributed by atoms with van der Waals surface area (Å²) in [5.74, 6) is 1.48. The van der Waals surface area contributed by atoms with Gasteiger partial charge in [-0.2, -0.15) is 0 Å². The minimum absolute atomic E-state index is 0.105. The Morgan fingerprint density at radius 2 is 1.74 bits per heavy atom. The van der Waals surface area contributed by atoms with Crippen molar-refractivity contribution in [3.8, 4) is 11.5 Å². The Hall–Kier alpha value is -2.24. The summed E-state index contributed by atoms with van der Waals surface area (Å²) in [6, 6.07) is 13.4. The highest BCUT2D eigenvalue weighted by atomic mass is 35.5. The van der Waals surface area contributed by atoms with Gasteiger partial charge in [0.1, 0.15) is 0 Å². The number of rotatable bonds is 3. The van der Waals surface area contributed by atoms with Gasteiger partial charge in [0.15, 0.2) is 11.5 Å². The number of nitrogens with zero attached hydrogens (tertiary/aromatic N) is 2. The topological polar surface area (TPSA) is 42.0 Å². The van der Waals surface area contributed by atoms with Crippen molar-refractivity contribution in [1.82, 2.24) is 9.80 Å². The van der Waals surface area contributed by atoms with Crippen LogP contribution in [0.15, 0.2) is 42.5 Å². The molecular formula is C21H23ClN2O3. The van der Waals surface area contributed by atoms with Gasteiger partial charge in [-0.25, -0.2) is 0 Å². The van der Waals surface area contributed by atoms with Crippen LogP contribution in [0.3, 0.4) is 0 Å². The molecule has 0 atom stereocenters. The summed E-state index contributed by atoms with van der Waals surface area (Å²) in [5, 5.41) is 0.599. The van der Waals surface area contributed by atoms with Crippen molar-refractivity contribution in [2.75, 3.05) is 39.4 Å². The third kappa shape index (κ3) is 4.20. The monoisotopic (exact) mass is 386 g/mol. The van der Waals surface area contributed by atoms with Crippen LogP contribution in [0, 0.1) is 0 Å². The van der Waals surface area contributed by atoms with Gasteiger partial charge in [-0.05, 0) is 29.8 Å². The molecule has 0 unspecified atom stereocenters. The van der Waals surface area contributed by atoms with Gasteiger partial charge in [0.25, 0.3) is 5.91 Å². The summed E-state index contributed by atoms with van der Waals surface area (Å²) >= 11 is 6.39. The molecule has 27 heavy (non-hydrogen) atoms. The van der Waals surface area contributed by atoms with Gasteiger partial charge >= 0.3 is 0 Å². The number of carbonyl (C=O) groups is 1. The van der Waals surface area contributed by atoms with E-state index < -0.39 is 0 Å². The lowest BCUT2D eigenvalue weighted by Gasteiger charge is -2.35. The quantitative estimate of drug-likeness (QED) is 0.810. The highest BCUT2D eigenvalue weighted by Gasteiger charge is 2.23. The van der Waals surface area contributed by atoms with Crippen molar-refractivity contribution >= 4 is 17.5 Å². The van der Waals surface area contributed by atoms with Crippen LogP contribution in [0.5, 0.6) is 11.5 Å². The molecule has 2 aliphatic heterocycles. The Labute approximate surface area is 164 Å². The van der Waals surface area contributed by atoms with Crippen molar-refractivity contribution in [1.29, 1.82) is 0 Å². The second-order valence-electron chi connectivity index (χ2n) is 6.89. The van der Waals surface area contributed by atoms with Crippen LogP contribution in [0.2, 0.25) is 5.02 Å². The van der Waals surface area contributed by atoms with Crippen LogP contribution in [-0.4, -0.2) is 55.1 Å². The Balaban J connectivity index is 1.37. The van der Waals surface area contributed by atoms with Crippen LogP contribution < -0.4 is 9.47 Å². The number of ether oxygens (including phenoxy) is 2. The van der Waals surface area contributed by atoms with Gasteiger partial charge in [-0.3, -0.25) is 9.69 Å². The molecular weight excluding hydrogens is 364 g/mol. The molecule has 2 aromatic rings. The molecule has 0 spiro atoms. The van der Waals surface area contributed by atoms with Crippen LogP contribution in [0.4, 0.5) is 0 Å². The van der Waals surface area contributed by atoms with E-state index in [1.165, 1.54) is 0 Å². The SMILES string of the molecule is O=C(c1ccccc1)N1CCN(Cc2cc(Cl)c3c(c2)OCCCO3)CC1. The average Bonchev–Trinajstić information content (AvgIpc) is 2.95. The van der Waals surface area contributed by atoms with Crippen molar-refractivity contribution in [2.24, 2.45) is 0 Å². The van der Waals surface area contributed by atoms with Gasteiger partial charge in [0, 0.05) is 44.7 Å². The van der Waals surface area contributed by atoms with Crippen LogP contribution in [0.1, 0.15) is 22.3 Å². The normalized spacial score (nSPS) is 17.4. The van der Waals surface area contributed by atoms with Gasteiger partial charge in [0.2, 0.25) is 0 Å². The summed E-state index contributed by atoms with van der Waals surface area (Å²) in [5.41, 5.74) is 1.85. The fraction of sp³-hybridized carbons (Fsp3) is 0.381. The lowest BCUT2D eigenvalue weighted by atomic mass is 10.1. The number of hydrogen-bond donors (Lipinski definition) is 0. The number of piperazine rings is 1. The predicted octanol–water partition coefficient (Wildman–Crippen LogP) is 3.46.